The van der Waals surface area contributed by atoms with Gasteiger partial charge in [-0.2, -0.15) is 0 Å². The van der Waals surface area contributed by atoms with Crippen LogP contribution in [0.25, 0.3) is 5.57 Å². The fourth-order valence-electron chi connectivity index (χ4n) is 3.69. The summed E-state index contributed by atoms with van der Waals surface area (Å²) in [7, 11) is 0. The second kappa shape index (κ2) is 5.11. The van der Waals surface area contributed by atoms with E-state index in [0.717, 1.165) is 25.1 Å². The molecule has 0 radical (unpaired) electrons. The van der Waals surface area contributed by atoms with Crippen LogP contribution in [0.3, 0.4) is 0 Å². The fourth-order valence-corrected chi connectivity index (χ4v) is 3.69. The van der Waals surface area contributed by atoms with Crippen LogP contribution in [0.15, 0.2) is 54.1 Å². The van der Waals surface area contributed by atoms with Crippen molar-refractivity contribution in [1.29, 1.82) is 0 Å². The number of carbonyl (C=O) groups is 1. The van der Waals surface area contributed by atoms with Gasteiger partial charge in [0.15, 0.2) is 0 Å². The molecule has 2 N–H and O–H groups in total. The Hall–Kier alpha value is -2.39. The summed E-state index contributed by atoms with van der Waals surface area (Å²) in [4.78, 5) is 11.0. The number of carboxylic acids is 1. The van der Waals surface area contributed by atoms with Crippen LogP contribution in [0.4, 0.5) is 0 Å². The first-order valence-corrected chi connectivity index (χ1v) is 7.62. The Labute approximate surface area is 129 Å². The quantitative estimate of drug-likeness (QED) is 0.892. The molecule has 0 aromatic heterocycles. The van der Waals surface area contributed by atoms with E-state index in [9.17, 15) is 4.79 Å². The minimum atomic E-state index is -0.879. The second-order valence-corrected chi connectivity index (χ2v) is 5.88. The van der Waals surface area contributed by atoms with Crippen LogP contribution >= 0.6 is 0 Å². The minimum Gasteiger partial charge on any atom is -0.478 e. The highest BCUT2D eigenvalue weighted by Gasteiger charge is 2.32. The van der Waals surface area contributed by atoms with Crippen LogP contribution in [0.2, 0.25) is 0 Å². The third-order valence-corrected chi connectivity index (χ3v) is 4.69. The van der Waals surface area contributed by atoms with Crippen LogP contribution in [-0.4, -0.2) is 24.2 Å². The fraction of sp³-hybridized carbons (Fsp3) is 0.211. The van der Waals surface area contributed by atoms with Gasteiger partial charge in [-0.25, -0.2) is 4.79 Å². The van der Waals surface area contributed by atoms with Crippen molar-refractivity contribution in [3.63, 3.8) is 0 Å². The van der Waals surface area contributed by atoms with Gasteiger partial charge in [0.25, 0.3) is 0 Å². The molecule has 1 aliphatic carbocycles. The van der Waals surface area contributed by atoms with Crippen molar-refractivity contribution in [2.45, 2.75) is 12.3 Å². The molecule has 2 aliphatic rings. The van der Waals surface area contributed by atoms with E-state index < -0.39 is 5.97 Å². The predicted molar refractivity (Wildman–Crippen MR) is 86.1 cm³/mol. The second-order valence-electron chi connectivity index (χ2n) is 5.88. The van der Waals surface area contributed by atoms with Gasteiger partial charge >= 0.3 is 5.97 Å². The molecule has 1 unspecified atom stereocenters. The highest BCUT2D eigenvalue weighted by molar-refractivity contribution is 5.91. The first kappa shape index (κ1) is 13.3. The molecule has 4 rings (SSSR count). The topological polar surface area (TPSA) is 49.3 Å². The Morgan fingerprint density at radius 2 is 1.86 bits per heavy atom. The summed E-state index contributed by atoms with van der Waals surface area (Å²) in [5.74, 6) is -0.421. The van der Waals surface area contributed by atoms with E-state index in [2.05, 4.69) is 29.6 Å². The van der Waals surface area contributed by atoms with E-state index in [1.54, 1.807) is 12.1 Å². The molecular formula is C19H17NO2. The van der Waals surface area contributed by atoms with E-state index in [4.69, 9.17) is 5.11 Å². The predicted octanol–water partition coefficient (Wildman–Crippen LogP) is 3.28. The summed E-state index contributed by atoms with van der Waals surface area (Å²) in [5, 5.41) is 12.5. The van der Waals surface area contributed by atoms with Crippen molar-refractivity contribution < 1.29 is 9.90 Å². The molecule has 3 nitrogen and oxygen atoms in total. The number of rotatable bonds is 2. The first-order chi connectivity index (χ1) is 10.8. The third kappa shape index (κ3) is 1.97. The normalized spacial score (nSPS) is 19.7. The van der Waals surface area contributed by atoms with Gasteiger partial charge in [-0.05, 0) is 47.4 Å². The first-order valence-electron chi connectivity index (χ1n) is 7.62. The van der Waals surface area contributed by atoms with E-state index >= 15 is 0 Å². The lowest BCUT2D eigenvalue weighted by Gasteiger charge is -2.23. The Bertz CT molecular complexity index is 774. The maximum absolute atomic E-state index is 11.0. The molecular weight excluding hydrogens is 274 g/mol. The van der Waals surface area contributed by atoms with Crippen LogP contribution in [0.5, 0.6) is 0 Å². The van der Waals surface area contributed by atoms with Gasteiger partial charge < -0.3 is 10.4 Å². The molecule has 1 fully saturated rings. The molecule has 1 atom stereocenters. The van der Waals surface area contributed by atoms with E-state index in [0.29, 0.717) is 11.5 Å². The maximum Gasteiger partial charge on any atom is 0.335 e. The van der Waals surface area contributed by atoms with Gasteiger partial charge in [-0.3, -0.25) is 0 Å². The van der Waals surface area contributed by atoms with Crippen molar-refractivity contribution in [2.24, 2.45) is 0 Å². The SMILES string of the molecule is O=C(O)c1ccc(C2=C3CCNCC3c3ccccc32)cc1. The average molecular weight is 291 g/mol. The maximum atomic E-state index is 11.0. The lowest BCUT2D eigenvalue weighted by molar-refractivity contribution is 0.0697. The van der Waals surface area contributed by atoms with Gasteiger partial charge in [0.2, 0.25) is 0 Å². The Kier molecular flexibility index (Phi) is 3.09. The van der Waals surface area contributed by atoms with E-state index in [1.165, 1.54) is 22.3 Å². The molecule has 1 saturated heterocycles. The van der Waals surface area contributed by atoms with Crippen molar-refractivity contribution in [1.82, 2.24) is 5.32 Å². The zero-order valence-corrected chi connectivity index (χ0v) is 12.2. The van der Waals surface area contributed by atoms with Crippen LogP contribution < -0.4 is 5.32 Å². The summed E-state index contributed by atoms with van der Waals surface area (Å²) in [6, 6.07) is 15.8. The molecule has 0 amide bonds. The van der Waals surface area contributed by atoms with Gasteiger partial charge in [-0.15, -0.1) is 0 Å². The van der Waals surface area contributed by atoms with Crippen molar-refractivity contribution >= 4 is 11.5 Å². The molecule has 2 aromatic carbocycles. The molecule has 0 bridgehead atoms. The molecule has 1 heterocycles. The number of fused-ring (bicyclic) bond motifs is 3. The Morgan fingerprint density at radius 1 is 1.09 bits per heavy atom. The summed E-state index contributed by atoms with van der Waals surface area (Å²) in [5.41, 5.74) is 6.94. The highest BCUT2D eigenvalue weighted by atomic mass is 16.4. The summed E-state index contributed by atoms with van der Waals surface area (Å²) in [6.07, 6.45) is 1.05. The zero-order valence-electron chi connectivity index (χ0n) is 12.2. The average Bonchev–Trinajstić information content (AvgIpc) is 2.89. The van der Waals surface area contributed by atoms with Crippen molar-refractivity contribution in [2.75, 3.05) is 13.1 Å². The smallest absolute Gasteiger partial charge is 0.335 e. The molecule has 2 aromatic rings. The molecule has 0 saturated carbocycles. The molecule has 3 heteroatoms. The number of hydrogen-bond acceptors (Lipinski definition) is 2. The van der Waals surface area contributed by atoms with Gasteiger partial charge in [-0.1, -0.05) is 42.0 Å². The van der Waals surface area contributed by atoms with Gasteiger partial charge in [0.1, 0.15) is 0 Å². The van der Waals surface area contributed by atoms with Crippen LogP contribution in [0.1, 0.15) is 39.4 Å². The number of aromatic carboxylic acids is 1. The number of hydrogen-bond donors (Lipinski definition) is 2. The largest absolute Gasteiger partial charge is 0.478 e. The molecule has 1 aliphatic heterocycles. The third-order valence-electron chi connectivity index (χ3n) is 4.69. The lowest BCUT2D eigenvalue weighted by Crippen LogP contribution is -2.29. The molecule has 110 valence electrons. The van der Waals surface area contributed by atoms with E-state index in [1.807, 2.05) is 12.1 Å². The molecule has 22 heavy (non-hydrogen) atoms. The Balaban J connectivity index is 1.86. The number of benzene rings is 2. The number of carboxylic acid groups (broad SMARTS) is 1. The van der Waals surface area contributed by atoms with Crippen molar-refractivity contribution in [3.05, 3.63) is 76.4 Å². The van der Waals surface area contributed by atoms with Crippen molar-refractivity contribution in [3.8, 4) is 0 Å². The van der Waals surface area contributed by atoms with Crippen LogP contribution in [-0.2, 0) is 0 Å². The summed E-state index contributed by atoms with van der Waals surface area (Å²) < 4.78 is 0. The number of nitrogens with one attached hydrogen (secondary N) is 1. The highest BCUT2D eigenvalue weighted by Crippen LogP contribution is 2.46. The lowest BCUT2D eigenvalue weighted by atomic mass is 9.90. The number of piperidine rings is 1. The zero-order chi connectivity index (χ0) is 15.1. The summed E-state index contributed by atoms with van der Waals surface area (Å²) >= 11 is 0. The minimum absolute atomic E-state index is 0.336. The Morgan fingerprint density at radius 3 is 2.64 bits per heavy atom. The van der Waals surface area contributed by atoms with Gasteiger partial charge in [0, 0.05) is 12.5 Å². The van der Waals surface area contributed by atoms with E-state index in [-0.39, 0.29) is 0 Å². The summed E-state index contributed by atoms with van der Waals surface area (Å²) in [6.45, 7) is 2.00. The monoisotopic (exact) mass is 291 g/mol. The standard InChI is InChI=1S/C19H17NO2/c21-19(22)13-7-5-12(6-8-13)18-15-4-2-1-3-14(15)17-11-20-10-9-16(17)18/h1-8,17,20H,9-11H2,(H,21,22). The molecule has 0 spiro atoms. The van der Waals surface area contributed by atoms with Gasteiger partial charge in [0.05, 0.1) is 5.56 Å². The van der Waals surface area contributed by atoms with Crippen LogP contribution in [0, 0.1) is 0 Å².